The third-order valence-corrected chi connectivity index (χ3v) is 1.75. The molecule has 0 aliphatic heterocycles. The first-order chi connectivity index (χ1) is 6.09. The first-order valence-corrected chi connectivity index (χ1v) is 4.36. The molecule has 0 saturated carbocycles. The summed E-state index contributed by atoms with van der Waals surface area (Å²) in [4.78, 5) is 1.81. The Morgan fingerprint density at radius 3 is 2.69 bits per heavy atom. The second-order valence-corrected chi connectivity index (χ2v) is 3.33. The molecule has 1 rings (SSSR count). The molecular formula is C8H12ClN3O. The first kappa shape index (κ1) is 10.2. The number of nitrogens with zero attached hydrogens (tertiary/aromatic N) is 3. The van der Waals surface area contributed by atoms with Crippen LogP contribution in [-0.4, -0.2) is 35.0 Å². The molecule has 4 nitrogen and oxygen atoms in total. The number of hydrogen-bond acceptors (Lipinski definition) is 4. The Balaban J connectivity index is 2.66. The van der Waals surface area contributed by atoms with Gasteiger partial charge in [-0.2, -0.15) is 0 Å². The molecule has 0 aromatic carbocycles. The third-order valence-electron chi connectivity index (χ3n) is 1.55. The van der Waals surface area contributed by atoms with Crippen LogP contribution in [0.4, 0.5) is 5.82 Å². The van der Waals surface area contributed by atoms with Crippen molar-refractivity contribution in [2.24, 2.45) is 0 Å². The molecule has 0 bridgehead atoms. The molecule has 1 aromatic rings. The highest BCUT2D eigenvalue weighted by Crippen LogP contribution is 2.10. The fourth-order valence-electron chi connectivity index (χ4n) is 1.00. The Hall–Kier alpha value is -0.870. The molecule has 0 aliphatic carbocycles. The molecule has 1 N–H and O–H groups in total. The highest BCUT2D eigenvalue weighted by molar-refractivity contribution is 6.29. The zero-order valence-corrected chi connectivity index (χ0v) is 8.36. The van der Waals surface area contributed by atoms with Crippen LogP contribution in [0.25, 0.3) is 0 Å². The minimum atomic E-state index is -0.387. The SMILES string of the molecule is C[C@@H](O)CN(C)c1ccc(Cl)nn1. The van der Waals surface area contributed by atoms with Crippen molar-refractivity contribution in [3.05, 3.63) is 17.3 Å². The minimum absolute atomic E-state index is 0.370. The normalized spacial score (nSPS) is 12.6. The maximum Gasteiger partial charge on any atom is 0.151 e. The summed E-state index contributed by atoms with van der Waals surface area (Å²) in [5, 5.41) is 17.1. The van der Waals surface area contributed by atoms with E-state index >= 15 is 0 Å². The van der Waals surface area contributed by atoms with E-state index in [-0.39, 0.29) is 6.10 Å². The zero-order valence-electron chi connectivity index (χ0n) is 7.61. The molecule has 0 radical (unpaired) electrons. The summed E-state index contributed by atoms with van der Waals surface area (Å²) in [5.74, 6) is 0.699. The van der Waals surface area contributed by atoms with E-state index < -0.39 is 0 Å². The molecule has 0 spiro atoms. The van der Waals surface area contributed by atoms with E-state index in [0.717, 1.165) is 0 Å². The smallest absolute Gasteiger partial charge is 0.151 e. The lowest BCUT2D eigenvalue weighted by atomic mass is 10.3. The van der Waals surface area contributed by atoms with Crippen molar-refractivity contribution in [3.63, 3.8) is 0 Å². The molecule has 5 heteroatoms. The summed E-state index contributed by atoms with van der Waals surface area (Å²) in [5.41, 5.74) is 0. The Labute approximate surface area is 82.2 Å². The van der Waals surface area contributed by atoms with E-state index in [9.17, 15) is 0 Å². The topological polar surface area (TPSA) is 49.2 Å². The van der Waals surface area contributed by atoms with Gasteiger partial charge in [0, 0.05) is 13.6 Å². The monoisotopic (exact) mass is 201 g/mol. The van der Waals surface area contributed by atoms with Crippen LogP contribution in [0.3, 0.4) is 0 Å². The van der Waals surface area contributed by atoms with Crippen LogP contribution in [0.1, 0.15) is 6.92 Å². The van der Waals surface area contributed by atoms with E-state index in [2.05, 4.69) is 10.2 Å². The number of aromatic nitrogens is 2. The molecule has 1 heterocycles. The van der Waals surface area contributed by atoms with Gasteiger partial charge in [0.15, 0.2) is 11.0 Å². The molecule has 0 fully saturated rings. The van der Waals surface area contributed by atoms with Crippen LogP contribution in [0.2, 0.25) is 5.15 Å². The summed E-state index contributed by atoms with van der Waals surface area (Å²) in [7, 11) is 1.84. The molecule has 1 aromatic heterocycles. The van der Waals surface area contributed by atoms with Crippen LogP contribution in [-0.2, 0) is 0 Å². The van der Waals surface area contributed by atoms with Gasteiger partial charge in [-0.15, -0.1) is 10.2 Å². The van der Waals surface area contributed by atoms with Gasteiger partial charge in [-0.3, -0.25) is 0 Å². The lowest BCUT2D eigenvalue weighted by molar-refractivity contribution is 0.201. The van der Waals surface area contributed by atoms with Crippen LogP contribution >= 0.6 is 11.6 Å². The van der Waals surface area contributed by atoms with E-state index in [1.165, 1.54) is 0 Å². The molecule has 1 atom stereocenters. The van der Waals surface area contributed by atoms with Gasteiger partial charge in [-0.05, 0) is 19.1 Å². The summed E-state index contributed by atoms with van der Waals surface area (Å²) < 4.78 is 0. The number of likely N-dealkylation sites (N-methyl/N-ethyl adjacent to an activating group) is 1. The molecule has 0 amide bonds. The van der Waals surface area contributed by atoms with Gasteiger partial charge in [0.05, 0.1) is 6.10 Å². The molecule has 0 unspecified atom stereocenters. The van der Waals surface area contributed by atoms with Crippen molar-refractivity contribution in [3.8, 4) is 0 Å². The fraction of sp³-hybridized carbons (Fsp3) is 0.500. The Bertz CT molecular complexity index is 263. The largest absolute Gasteiger partial charge is 0.392 e. The van der Waals surface area contributed by atoms with E-state index in [0.29, 0.717) is 17.5 Å². The summed E-state index contributed by atoms with van der Waals surface area (Å²) >= 11 is 5.58. The van der Waals surface area contributed by atoms with E-state index in [1.54, 1.807) is 19.1 Å². The molecular weight excluding hydrogens is 190 g/mol. The van der Waals surface area contributed by atoms with Crippen molar-refractivity contribution >= 4 is 17.4 Å². The number of rotatable bonds is 3. The van der Waals surface area contributed by atoms with Crippen LogP contribution in [0.5, 0.6) is 0 Å². The van der Waals surface area contributed by atoms with Gasteiger partial charge < -0.3 is 10.0 Å². The lowest BCUT2D eigenvalue weighted by Crippen LogP contribution is -2.27. The average molecular weight is 202 g/mol. The second kappa shape index (κ2) is 4.39. The predicted octanol–water partition coefficient (Wildman–Crippen LogP) is 0.947. The number of anilines is 1. The summed E-state index contributed by atoms with van der Waals surface area (Å²) in [6.45, 7) is 2.25. The van der Waals surface area contributed by atoms with Gasteiger partial charge in [0.1, 0.15) is 0 Å². The molecule has 72 valence electrons. The zero-order chi connectivity index (χ0) is 9.84. The predicted molar refractivity (Wildman–Crippen MR) is 52.0 cm³/mol. The number of hydrogen-bond donors (Lipinski definition) is 1. The average Bonchev–Trinajstić information content (AvgIpc) is 2.04. The van der Waals surface area contributed by atoms with E-state index in [1.807, 2.05) is 11.9 Å². The lowest BCUT2D eigenvalue weighted by Gasteiger charge is -2.18. The quantitative estimate of drug-likeness (QED) is 0.791. The van der Waals surface area contributed by atoms with Crippen molar-refractivity contribution in [2.45, 2.75) is 13.0 Å². The van der Waals surface area contributed by atoms with Gasteiger partial charge in [-0.25, -0.2) is 0 Å². The van der Waals surface area contributed by atoms with E-state index in [4.69, 9.17) is 16.7 Å². The molecule has 0 aliphatic rings. The van der Waals surface area contributed by atoms with Crippen LogP contribution in [0.15, 0.2) is 12.1 Å². The van der Waals surface area contributed by atoms with Crippen molar-refractivity contribution < 1.29 is 5.11 Å². The van der Waals surface area contributed by atoms with Crippen molar-refractivity contribution in [1.82, 2.24) is 10.2 Å². The summed E-state index contributed by atoms with van der Waals surface area (Å²) in [6.07, 6.45) is -0.387. The Kier molecular flexibility index (Phi) is 3.45. The maximum atomic E-state index is 9.12. The third kappa shape index (κ3) is 3.16. The number of halogens is 1. The van der Waals surface area contributed by atoms with Gasteiger partial charge >= 0.3 is 0 Å². The standard InChI is InChI=1S/C8H12ClN3O/c1-6(13)5-12(2)8-4-3-7(9)10-11-8/h3-4,6,13H,5H2,1-2H3/t6-/m1/s1. The first-order valence-electron chi connectivity index (χ1n) is 3.98. The Morgan fingerprint density at radius 1 is 1.54 bits per heavy atom. The van der Waals surface area contributed by atoms with Gasteiger partial charge in [0.2, 0.25) is 0 Å². The van der Waals surface area contributed by atoms with Crippen LogP contribution < -0.4 is 4.90 Å². The van der Waals surface area contributed by atoms with Gasteiger partial charge in [0.25, 0.3) is 0 Å². The second-order valence-electron chi connectivity index (χ2n) is 2.94. The minimum Gasteiger partial charge on any atom is -0.392 e. The number of aliphatic hydroxyl groups excluding tert-OH is 1. The van der Waals surface area contributed by atoms with Crippen molar-refractivity contribution in [2.75, 3.05) is 18.5 Å². The van der Waals surface area contributed by atoms with Gasteiger partial charge in [-0.1, -0.05) is 11.6 Å². The fourth-order valence-corrected chi connectivity index (χ4v) is 1.10. The van der Waals surface area contributed by atoms with Crippen LogP contribution in [0, 0.1) is 0 Å². The maximum absolute atomic E-state index is 9.12. The Morgan fingerprint density at radius 2 is 2.23 bits per heavy atom. The summed E-state index contributed by atoms with van der Waals surface area (Å²) in [6, 6.07) is 3.43. The van der Waals surface area contributed by atoms with Crippen molar-refractivity contribution in [1.29, 1.82) is 0 Å². The highest BCUT2D eigenvalue weighted by Gasteiger charge is 2.05. The number of aliphatic hydroxyl groups is 1. The highest BCUT2D eigenvalue weighted by atomic mass is 35.5. The molecule has 13 heavy (non-hydrogen) atoms. The molecule has 0 saturated heterocycles.